The third kappa shape index (κ3) is 5.11. The van der Waals surface area contributed by atoms with Gasteiger partial charge in [-0.15, -0.1) is 0 Å². The maximum absolute atomic E-state index is 12.1. The van der Waals surface area contributed by atoms with Crippen LogP contribution in [0, 0.1) is 0 Å². The summed E-state index contributed by atoms with van der Waals surface area (Å²) in [4.78, 5) is 14.0. The lowest BCUT2D eigenvalue weighted by Gasteiger charge is -2.16. The van der Waals surface area contributed by atoms with Gasteiger partial charge in [0.2, 0.25) is 12.7 Å². The van der Waals surface area contributed by atoms with E-state index in [1.165, 1.54) is 0 Å². The Morgan fingerprint density at radius 1 is 1.16 bits per heavy atom. The second-order valence-electron chi connectivity index (χ2n) is 6.09. The third-order valence-corrected chi connectivity index (χ3v) is 4.16. The molecule has 0 fully saturated rings. The second kappa shape index (κ2) is 8.23. The molecule has 25 heavy (non-hydrogen) atoms. The van der Waals surface area contributed by atoms with E-state index in [9.17, 15) is 4.79 Å². The van der Waals surface area contributed by atoms with E-state index in [2.05, 4.69) is 5.32 Å². The van der Waals surface area contributed by atoms with Crippen LogP contribution in [-0.4, -0.2) is 37.7 Å². The minimum Gasteiger partial charge on any atom is -0.454 e. The molecule has 1 aliphatic rings. The largest absolute Gasteiger partial charge is 0.454 e. The summed E-state index contributed by atoms with van der Waals surface area (Å²) in [6.45, 7) is 1.86. The number of carbonyl (C=O) groups excluding carboxylic acids is 1. The summed E-state index contributed by atoms with van der Waals surface area (Å²) in [6.07, 6.45) is 0.762. The Labute approximate surface area is 152 Å². The molecule has 132 valence electrons. The smallest absolute Gasteiger partial charge is 0.234 e. The van der Waals surface area contributed by atoms with Crippen molar-refractivity contribution < 1.29 is 14.3 Å². The number of halogens is 1. The highest BCUT2D eigenvalue weighted by Gasteiger charge is 2.14. The molecular formula is C19H21ClN2O3. The van der Waals surface area contributed by atoms with Gasteiger partial charge in [-0.1, -0.05) is 29.8 Å². The van der Waals surface area contributed by atoms with Crippen LogP contribution < -0.4 is 14.8 Å². The Morgan fingerprint density at radius 2 is 2.00 bits per heavy atom. The van der Waals surface area contributed by atoms with Crippen molar-refractivity contribution in [3.05, 3.63) is 58.6 Å². The van der Waals surface area contributed by atoms with Crippen LogP contribution in [-0.2, 0) is 17.8 Å². The van der Waals surface area contributed by atoms with Gasteiger partial charge in [0, 0.05) is 18.1 Å². The predicted molar refractivity (Wildman–Crippen MR) is 97.1 cm³/mol. The van der Waals surface area contributed by atoms with Gasteiger partial charge < -0.3 is 14.8 Å². The number of rotatable bonds is 7. The van der Waals surface area contributed by atoms with Gasteiger partial charge in [0.05, 0.1) is 6.54 Å². The lowest BCUT2D eigenvalue weighted by atomic mass is 10.1. The number of nitrogens with one attached hydrogen (secondary N) is 1. The molecule has 1 aliphatic heterocycles. The van der Waals surface area contributed by atoms with E-state index < -0.39 is 0 Å². The first-order valence-corrected chi connectivity index (χ1v) is 8.56. The maximum Gasteiger partial charge on any atom is 0.234 e. The Balaban J connectivity index is 1.41. The van der Waals surface area contributed by atoms with Crippen LogP contribution in [0.3, 0.4) is 0 Å². The van der Waals surface area contributed by atoms with Crippen LogP contribution in [0.15, 0.2) is 42.5 Å². The van der Waals surface area contributed by atoms with E-state index in [-0.39, 0.29) is 12.7 Å². The zero-order valence-corrected chi connectivity index (χ0v) is 14.9. The van der Waals surface area contributed by atoms with Gasteiger partial charge in [0.1, 0.15) is 0 Å². The average molecular weight is 361 g/mol. The van der Waals surface area contributed by atoms with E-state index in [1.807, 2.05) is 54.4 Å². The van der Waals surface area contributed by atoms with Gasteiger partial charge in [-0.25, -0.2) is 0 Å². The molecule has 0 atom stereocenters. The molecule has 0 saturated heterocycles. The predicted octanol–water partition coefficient (Wildman–Crippen LogP) is 2.86. The number of amides is 1. The van der Waals surface area contributed by atoms with Gasteiger partial charge in [0.15, 0.2) is 11.5 Å². The zero-order valence-electron chi connectivity index (χ0n) is 14.1. The highest BCUT2D eigenvalue weighted by molar-refractivity contribution is 6.30. The normalized spacial score (nSPS) is 12.4. The summed E-state index contributed by atoms with van der Waals surface area (Å²) in [7, 11) is 1.92. The van der Waals surface area contributed by atoms with Crippen molar-refractivity contribution in [3.8, 4) is 11.5 Å². The summed E-state index contributed by atoms with van der Waals surface area (Å²) < 4.78 is 10.7. The summed E-state index contributed by atoms with van der Waals surface area (Å²) >= 11 is 5.96. The number of hydrogen-bond donors (Lipinski definition) is 1. The molecule has 1 heterocycles. The van der Waals surface area contributed by atoms with Crippen LogP contribution in [0.5, 0.6) is 11.5 Å². The van der Waals surface area contributed by atoms with Gasteiger partial charge in [-0.3, -0.25) is 9.69 Å². The Hall–Kier alpha value is -2.24. The second-order valence-corrected chi connectivity index (χ2v) is 6.53. The molecule has 6 heteroatoms. The third-order valence-electron chi connectivity index (χ3n) is 3.93. The molecule has 0 saturated carbocycles. The molecule has 0 radical (unpaired) electrons. The number of fused-ring (bicyclic) bond motifs is 1. The van der Waals surface area contributed by atoms with Crippen molar-refractivity contribution in [2.75, 3.05) is 26.9 Å². The number of ether oxygens (including phenoxy) is 2. The van der Waals surface area contributed by atoms with Crippen molar-refractivity contribution in [1.29, 1.82) is 0 Å². The van der Waals surface area contributed by atoms with Gasteiger partial charge >= 0.3 is 0 Å². The van der Waals surface area contributed by atoms with E-state index >= 15 is 0 Å². The quantitative estimate of drug-likeness (QED) is 0.825. The van der Waals surface area contributed by atoms with E-state index in [0.29, 0.717) is 24.7 Å². The fourth-order valence-corrected chi connectivity index (χ4v) is 2.96. The average Bonchev–Trinajstić information content (AvgIpc) is 3.02. The molecule has 2 aromatic carbocycles. The first-order valence-electron chi connectivity index (χ1n) is 8.18. The first kappa shape index (κ1) is 17.6. The molecule has 0 unspecified atom stereocenters. The molecular weight excluding hydrogens is 340 g/mol. The summed E-state index contributed by atoms with van der Waals surface area (Å²) in [5.41, 5.74) is 2.19. The number of hydrogen-bond acceptors (Lipinski definition) is 4. The topological polar surface area (TPSA) is 50.8 Å². The monoisotopic (exact) mass is 360 g/mol. The Bertz CT molecular complexity index is 751. The standard InChI is InChI=1S/C19H21ClN2O3/c1-22(11-15-5-6-17-18(10-15)25-13-24-17)12-19(23)21-8-7-14-3-2-4-16(20)9-14/h2-6,9-10H,7-8,11-13H2,1H3,(H,21,23). The number of likely N-dealkylation sites (N-methyl/N-ethyl adjacent to an activating group) is 1. The zero-order chi connectivity index (χ0) is 17.6. The number of nitrogens with zero attached hydrogens (tertiary/aromatic N) is 1. The summed E-state index contributed by atoms with van der Waals surface area (Å²) in [5, 5.41) is 3.66. The SMILES string of the molecule is CN(CC(=O)NCCc1cccc(Cl)c1)Cc1ccc2c(c1)OCO2. The van der Waals surface area contributed by atoms with E-state index in [1.54, 1.807) is 0 Å². The van der Waals surface area contributed by atoms with Crippen LogP contribution >= 0.6 is 11.6 Å². The summed E-state index contributed by atoms with van der Waals surface area (Å²) in [6, 6.07) is 13.5. The fraction of sp³-hybridized carbons (Fsp3) is 0.316. The van der Waals surface area contributed by atoms with Crippen molar-refractivity contribution >= 4 is 17.5 Å². The first-order chi connectivity index (χ1) is 12.1. The maximum atomic E-state index is 12.1. The number of carbonyl (C=O) groups is 1. The molecule has 0 aromatic heterocycles. The van der Waals surface area contributed by atoms with Crippen LogP contribution in [0.4, 0.5) is 0 Å². The molecule has 5 nitrogen and oxygen atoms in total. The number of benzene rings is 2. The van der Waals surface area contributed by atoms with Gasteiger partial charge in [-0.05, 0) is 48.9 Å². The van der Waals surface area contributed by atoms with Gasteiger partial charge in [-0.2, -0.15) is 0 Å². The van der Waals surface area contributed by atoms with Gasteiger partial charge in [0.25, 0.3) is 0 Å². The molecule has 0 aliphatic carbocycles. The molecule has 0 bridgehead atoms. The van der Waals surface area contributed by atoms with Crippen LogP contribution in [0.25, 0.3) is 0 Å². The molecule has 1 N–H and O–H groups in total. The molecule has 3 rings (SSSR count). The van der Waals surface area contributed by atoms with E-state index in [0.717, 1.165) is 29.0 Å². The Kier molecular flexibility index (Phi) is 5.79. The van der Waals surface area contributed by atoms with Crippen molar-refractivity contribution in [2.45, 2.75) is 13.0 Å². The Morgan fingerprint density at radius 3 is 2.84 bits per heavy atom. The molecule has 2 aromatic rings. The lowest BCUT2D eigenvalue weighted by Crippen LogP contribution is -2.35. The molecule has 1 amide bonds. The summed E-state index contributed by atoms with van der Waals surface area (Å²) in [5.74, 6) is 1.53. The van der Waals surface area contributed by atoms with Crippen molar-refractivity contribution in [2.24, 2.45) is 0 Å². The minimum atomic E-state index is 0.00488. The lowest BCUT2D eigenvalue weighted by molar-refractivity contribution is -0.122. The fourth-order valence-electron chi connectivity index (χ4n) is 2.75. The highest BCUT2D eigenvalue weighted by Crippen LogP contribution is 2.32. The highest BCUT2D eigenvalue weighted by atomic mass is 35.5. The van der Waals surface area contributed by atoms with Crippen LogP contribution in [0.1, 0.15) is 11.1 Å². The minimum absolute atomic E-state index is 0.00488. The van der Waals surface area contributed by atoms with Crippen molar-refractivity contribution in [1.82, 2.24) is 10.2 Å². The molecule has 0 spiro atoms. The van der Waals surface area contributed by atoms with Crippen LogP contribution in [0.2, 0.25) is 5.02 Å². The van der Waals surface area contributed by atoms with E-state index in [4.69, 9.17) is 21.1 Å². The van der Waals surface area contributed by atoms with Crippen molar-refractivity contribution in [3.63, 3.8) is 0 Å².